The van der Waals surface area contributed by atoms with Crippen LogP contribution in [0.25, 0.3) is 0 Å². The van der Waals surface area contributed by atoms with E-state index in [1.165, 1.54) is 43.4 Å². The molecule has 1 N–H and O–H groups in total. The fourth-order valence-corrected chi connectivity index (χ4v) is 4.16. The number of benzene rings is 3. The Morgan fingerprint density at radius 2 is 1.50 bits per heavy atom. The zero-order valence-corrected chi connectivity index (χ0v) is 19.5. The normalized spacial score (nSPS) is 17.1. The van der Waals surface area contributed by atoms with Gasteiger partial charge in [0.2, 0.25) is 5.78 Å². The van der Waals surface area contributed by atoms with E-state index in [9.17, 15) is 19.2 Å². The molecule has 1 amide bonds. The van der Waals surface area contributed by atoms with Gasteiger partial charge in [-0.1, -0.05) is 12.1 Å². The summed E-state index contributed by atoms with van der Waals surface area (Å²) in [6.45, 7) is -0.522. The molecule has 1 aliphatic heterocycles. The summed E-state index contributed by atoms with van der Waals surface area (Å²) in [6, 6.07) is 18.3. The largest absolute Gasteiger partial charge is 0.497 e. The highest BCUT2D eigenvalue weighted by Crippen LogP contribution is 2.42. The third-order valence-electron chi connectivity index (χ3n) is 5.88. The molecule has 9 nitrogen and oxygen atoms in total. The van der Waals surface area contributed by atoms with Gasteiger partial charge in [0.05, 0.1) is 20.3 Å². The first-order valence-corrected chi connectivity index (χ1v) is 11.0. The number of aliphatic carboxylic acids is 1. The van der Waals surface area contributed by atoms with E-state index in [2.05, 4.69) is 0 Å². The molecule has 0 saturated carbocycles. The predicted molar refractivity (Wildman–Crippen MR) is 129 cm³/mol. The van der Waals surface area contributed by atoms with Crippen LogP contribution >= 0.6 is 0 Å². The van der Waals surface area contributed by atoms with Gasteiger partial charge >= 0.3 is 5.97 Å². The summed E-state index contributed by atoms with van der Waals surface area (Å²) in [5.74, 6) is -3.22. The molecule has 184 valence electrons. The van der Waals surface area contributed by atoms with Gasteiger partial charge in [0.25, 0.3) is 5.91 Å². The number of hydrogen-bond acceptors (Lipinski definition) is 7. The monoisotopic (exact) mass is 489 g/mol. The smallest absolute Gasteiger partial charge is 0.341 e. The lowest BCUT2D eigenvalue weighted by molar-refractivity contribution is -0.139. The van der Waals surface area contributed by atoms with Crippen LogP contribution in [0, 0.1) is 5.92 Å². The number of rotatable bonds is 9. The Balaban J connectivity index is 1.76. The van der Waals surface area contributed by atoms with Gasteiger partial charge in [0.1, 0.15) is 23.2 Å². The van der Waals surface area contributed by atoms with E-state index in [1.54, 1.807) is 48.5 Å². The molecule has 1 heterocycles. The number of carbonyl (C=O) groups excluding carboxylic acids is 3. The second kappa shape index (κ2) is 10.3. The zero-order chi connectivity index (χ0) is 25.8. The van der Waals surface area contributed by atoms with Crippen molar-refractivity contribution in [3.8, 4) is 17.2 Å². The number of nitrogens with zero attached hydrogens (tertiary/aromatic N) is 1. The molecule has 0 radical (unpaired) electrons. The minimum absolute atomic E-state index is 0.272. The second-order valence-electron chi connectivity index (χ2n) is 8.01. The number of carbonyl (C=O) groups is 4. The number of carboxylic acids is 1. The van der Waals surface area contributed by atoms with E-state index >= 15 is 0 Å². The Hall–Kier alpha value is -4.66. The molecule has 0 spiro atoms. The van der Waals surface area contributed by atoms with Crippen LogP contribution in [0.5, 0.6) is 17.2 Å². The lowest BCUT2D eigenvalue weighted by Gasteiger charge is -2.27. The summed E-state index contributed by atoms with van der Waals surface area (Å²) in [5.41, 5.74) is 1.18. The highest BCUT2D eigenvalue weighted by atomic mass is 16.5. The van der Waals surface area contributed by atoms with Crippen molar-refractivity contribution >= 4 is 29.1 Å². The molecule has 0 bridgehead atoms. The number of methoxy groups -OCH3 is 2. The third-order valence-corrected chi connectivity index (χ3v) is 5.88. The highest BCUT2D eigenvalue weighted by molar-refractivity contribution is 6.49. The summed E-state index contributed by atoms with van der Waals surface area (Å²) in [5, 5.41) is 8.81. The Labute approximate surface area is 206 Å². The topological polar surface area (TPSA) is 119 Å². The van der Waals surface area contributed by atoms with Crippen LogP contribution in [0.3, 0.4) is 0 Å². The standard InChI is InChI=1S/C27H23NO8/c1-34-19-10-6-16(7-11-19)25(31)23-24(17-4-3-5-21(14-17)35-2)28(27(33)26(23)32)18-8-12-20(13-9-18)36-15-22(29)30/h3-14,23-24H,15H2,1-2H3,(H,29,30). The summed E-state index contributed by atoms with van der Waals surface area (Å²) >= 11 is 0. The fraction of sp³-hybridized carbons (Fsp3) is 0.185. The number of ether oxygens (including phenoxy) is 3. The lowest BCUT2D eigenvalue weighted by atomic mass is 9.86. The molecule has 1 fully saturated rings. The van der Waals surface area contributed by atoms with E-state index < -0.39 is 42.0 Å². The van der Waals surface area contributed by atoms with Crippen molar-refractivity contribution in [2.75, 3.05) is 25.7 Å². The minimum Gasteiger partial charge on any atom is -0.497 e. The maximum absolute atomic E-state index is 13.6. The van der Waals surface area contributed by atoms with Crippen molar-refractivity contribution in [3.05, 3.63) is 83.9 Å². The second-order valence-corrected chi connectivity index (χ2v) is 8.01. The van der Waals surface area contributed by atoms with Crippen molar-refractivity contribution in [2.45, 2.75) is 6.04 Å². The Kier molecular flexibility index (Phi) is 7.00. The van der Waals surface area contributed by atoms with E-state index in [0.717, 1.165) is 0 Å². The molecule has 2 atom stereocenters. The summed E-state index contributed by atoms with van der Waals surface area (Å²) in [4.78, 5) is 52.1. The van der Waals surface area contributed by atoms with Gasteiger partial charge < -0.3 is 19.3 Å². The SMILES string of the molecule is COc1ccc(C(=O)C2C(=O)C(=O)N(c3ccc(OCC(=O)O)cc3)C2c2cccc(OC)c2)cc1. The van der Waals surface area contributed by atoms with Crippen LogP contribution in [-0.4, -0.2) is 49.4 Å². The Morgan fingerprint density at radius 1 is 0.861 bits per heavy atom. The van der Waals surface area contributed by atoms with Gasteiger partial charge in [-0.25, -0.2) is 4.79 Å². The average molecular weight is 489 g/mol. The fourth-order valence-electron chi connectivity index (χ4n) is 4.16. The summed E-state index contributed by atoms with van der Waals surface area (Å²) in [6.07, 6.45) is 0. The van der Waals surface area contributed by atoms with Crippen LogP contribution in [0.4, 0.5) is 5.69 Å². The van der Waals surface area contributed by atoms with Gasteiger partial charge in [0, 0.05) is 11.3 Å². The molecule has 3 aromatic rings. The highest BCUT2D eigenvalue weighted by Gasteiger charge is 2.52. The van der Waals surface area contributed by atoms with Crippen LogP contribution in [0.2, 0.25) is 0 Å². The molecule has 3 aromatic carbocycles. The zero-order valence-electron chi connectivity index (χ0n) is 19.5. The molecular weight excluding hydrogens is 466 g/mol. The molecule has 4 rings (SSSR count). The number of hydrogen-bond donors (Lipinski definition) is 1. The first-order chi connectivity index (χ1) is 17.3. The van der Waals surface area contributed by atoms with Crippen LogP contribution in [-0.2, 0) is 14.4 Å². The van der Waals surface area contributed by atoms with Gasteiger partial charge in [-0.15, -0.1) is 0 Å². The molecule has 0 aromatic heterocycles. The number of ketones is 2. The van der Waals surface area contributed by atoms with Crippen LogP contribution in [0.1, 0.15) is 22.0 Å². The average Bonchev–Trinajstić information content (AvgIpc) is 3.17. The molecule has 36 heavy (non-hydrogen) atoms. The van der Waals surface area contributed by atoms with E-state index in [0.29, 0.717) is 22.7 Å². The van der Waals surface area contributed by atoms with Crippen LogP contribution in [0.15, 0.2) is 72.8 Å². The van der Waals surface area contributed by atoms with Gasteiger partial charge in [-0.2, -0.15) is 0 Å². The Morgan fingerprint density at radius 3 is 2.11 bits per heavy atom. The van der Waals surface area contributed by atoms with Gasteiger partial charge in [-0.3, -0.25) is 19.3 Å². The van der Waals surface area contributed by atoms with Gasteiger partial charge in [0.15, 0.2) is 12.4 Å². The lowest BCUT2D eigenvalue weighted by Crippen LogP contribution is -2.30. The third kappa shape index (κ3) is 4.76. The van der Waals surface area contributed by atoms with Crippen molar-refractivity contribution < 1.29 is 38.5 Å². The van der Waals surface area contributed by atoms with Crippen molar-refractivity contribution in [1.29, 1.82) is 0 Å². The van der Waals surface area contributed by atoms with Crippen molar-refractivity contribution in [1.82, 2.24) is 0 Å². The van der Waals surface area contributed by atoms with Crippen LogP contribution < -0.4 is 19.1 Å². The number of carboxylic acid groups (broad SMARTS) is 1. The molecule has 9 heteroatoms. The molecule has 1 saturated heterocycles. The van der Waals surface area contributed by atoms with Crippen molar-refractivity contribution in [2.24, 2.45) is 5.92 Å². The van der Waals surface area contributed by atoms with E-state index in [1.807, 2.05) is 0 Å². The first-order valence-electron chi connectivity index (χ1n) is 11.0. The quantitative estimate of drug-likeness (QED) is 0.276. The summed E-state index contributed by atoms with van der Waals surface area (Å²) < 4.78 is 15.6. The maximum atomic E-state index is 13.6. The predicted octanol–water partition coefficient (Wildman–Crippen LogP) is 3.32. The van der Waals surface area contributed by atoms with Crippen molar-refractivity contribution in [3.63, 3.8) is 0 Å². The minimum atomic E-state index is -1.29. The number of Topliss-reactive ketones (excluding diaryl/α,β-unsaturated/α-hetero) is 2. The summed E-state index contributed by atoms with van der Waals surface area (Å²) in [7, 11) is 3.00. The van der Waals surface area contributed by atoms with E-state index in [4.69, 9.17) is 19.3 Å². The molecule has 1 aliphatic rings. The van der Waals surface area contributed by atoms with Gasteiger partial charge in [-0.05, 0) is 66.2 Å². The molecular formula is C27H23NO8. The maximum Gasteiger partial charge on any atom is 0.341 e. The number of amides is 1. The van der Waals surface area contributed by atoms with E-state index in [-0.39, 0.29) is 11.3 Å². The Bertz CT molecular complexity index is 1300. The molecule has 2 unspecified atom stereocenters. The number of anilines is 1. The molecule has 0 aliphatic carbocycles. The first kappa shape index (κ1) is 24.5.